The van der Waals surface area contributed by atoms with Gasteiger partial charge in [0.25, 0.3) is 0 Å². The standard InChI is InChI=1S/C15H18ClNO3S/c1-17(9-11-4-5-14(16)21-11)8-10-6-12(19-2)15(18)13(7-10)20-3/h4-7,18H,8-9H2,1-3H3. The topological polar surface area (TPSA) is 41.9 Å². The van der Waals surface area contributed by atoms with Gasteiger partial charge in [0.05, 0.1) is 18.6 Å². The number of methoxy groups -OCH3 is 2. The fraction of sp³-hybridized carbons (Fsp3) is 0.333. The van der Waals surface area contributed by atoms with Crippen LogP contribution in [0.15, 0.2) is 24.3 Å². The lowest BCUT2D eigenvalue weighted by Gasteiger charge is -2.17. The second-order valence-electron chi connectivity index (χ2n) is 4.73. The maximum absolute atomic E-state index is 9.91. The molecule has 21 heavy (non-hydrogen) atoms. The Bertz CT molecular complexity index is 590. The molecule has 114 valence electrons. The van der Waals surface area contributed by atoms with Crippen LogP contribution >= 0.6 is 22.9 Å². The van der Waals surface area contributed by atoms with E-state index in [9.17, 15) is 5.11 Å². The molecule has 0 saturated heterocycles. The molecule has 0 fully saturated rings. The highest BCUT2D eigenvalue weighted by Gasteiger charge is 2.12. The molecule has 6 heteroatoms. The van der Waals surface area contributed by atoms with Gasteiger partial charge in [-0.15, -0.1) is 11.3 Å². The van der Waals surface area contributed by atoms with Crippen LogP contribution in [-0.4, -0.2) is 31.3 Å². The van der Waals surface area contributed by atoms with Gasteiger partial charge in [-0.1, -0.05) is 11.6 Å². The summed E-state index contributed by atoms with van der Waals surface area (Å²) in [4.78, 5) is 3.37. The van der Waals surface area contributed by atoms with E-state index in [-0.39, 0.29) is 5.75 Å². The largest absolute Gasteiger partial charge is 0.502 e. The molecule has 0 aliphatic rings. The monoisotopic (exact) mass is 327 g/mol. The molecular formula is C15H18ClNO3S. The summed E-state index contributed by atoms with van der Waals surface area (Å²) in [5, 5.41) is 9.91. The van der Waals surface area contributed by atoms with E-state index < -0.39 is 0 Å². The van der Waals surface area contributed by atoms with E-state index in [0.29, 0.717) is 18.0 Å². The van der Waals surface area contributed by atoms with E-state index >= 15 is 0 Å². The zero-order valence-corrected chi connectivity index (χ0v) is 13.8. The maximum atomic E-state index is 9.91. The zero-order valence-electron chi connectivity index (χ0n) is 12.2. The summed E-state index contributed by atoms with van der Waals surface area (Å²) in [6, 6.07) is 7.56. The van der Waals surface area contributed by atoms with Gasteiger partial charge >= 0.3 is 0 Å². The Balaban J connectivity index is 2.11. The fourth-order valence-electron chi connectivity index (χ4n) is 2.11. The van der Waals surface area contributed by atoms with Crippen LogP contribution in [0.1, 0.15) is 10.4 Å². The number of nitrogens with zero attached hydrogens (tertiary/aromatic N) is 1. The first kappa shape index (κ1) is 15.9. The van der Waals surface area contributed by atoms with Crippen molar-refractivity contribution in [2.45, 2.75) is 13.1 Å². The van der Waals surface area contributed by atoms with Crippen molar-refractivity contribution in [3.63, 3.8) is 0 Å². The highest BCUT2D eigenvalue weighted by atomic mass is 35.5. The molecule has 0 radical (unpaired) electrons. The number of thiophene rings is 1. The molecule has 1 heterocycles. The number of phenols is 1. The van der Waals surface area contributed by atoms with E-state index in [4.69, 9.17) is 21.1 Å². The van der Waals surface area contributed by atoms with Crippen molar-refractivity contribution in [1.29, 1.82) is 0 Å². The normalized spacial score (nSPS) is 10.9. The minimum atomic E-state index is 0.0245. The average molecular weight is 328 g/mol. The smallest absolute Gasteiger partial charge is 0.200 e. The van der Waals surface area contributed by atoms with Gasteiger partial charge in [-0.3, -0.25) is 4.90 Å². The molecule has 4 nitrogen and oxygen atoms in total. The molecule has 0 saturated carbocycles. The van der Waals surface area contributed by atoms with Gasteiger partial charge in [0.15, 0.2) is 11.5 Å². The third-order valence-corrected chi connectivity index (χ3v) is 4.26. The van der Waals surface area contributed by atoms with E-state index in [2.05, 4.69) is 4.90 Å². The number of rotatable bonds is 6. The van der Waals surface area contributed by atoms with Crippen molar-refractivity contribution in [3.05, 3.63) is 39.0 Å². The lowest BCUT2D eigenvalue weighted by Crippen LogP contribution is -2.16. The third-order valence-electron chi connectivity index (χ3n) is 3.05. The van der Waals surface area contributed by atoms with Crippen LogP contribution < -0.4 is 9.47 Å². The second-order valence-corrected chi connectivity index (χ2v) is 6.53. The van der Waals surface area contributed by atoms with Gasteiger partial charge in [-0.05, 0) is 36.9 Å². The van der Waals surface area contributed by atoms with Crippen molar-refractivity contribution in [2.24, 2.45) is 0 Å². The molecule has 2 aromatic rings. The molecule has 0 aliphatic heterocycles. The number of hydrogen-bond acceptors (Lipinski definition) is 5. The summed E-state index contributed by atoms with van der Waals surface area (Å²) in [5.41, 5.74) is 1.01. The molecular weight excluding hydrogens is 310 g/mol. The number of halogens is 1. The molecule has 0 aliphatic carbocycles. The SMILES string of the molecule is COc1cc(CN(C)Cc2ccc(Cl)s2)cc(OC)c1O. The number of benzene rings is 1. The number of phenolic OH excluding ortho intramolecular Hbond substituents is 1. The van der Waals surface area contributed by atoms with Crippen LogP contribution in [0.25, 0.3) is 0 Å². The van der Waals surface area contributed by atoms with Crippen LogP contribution in [0.5, 0.6) is 17.2 Å². The van der Waals surface area contributed by atoms with Gasteiger partial charge in [-0.25, -0.2) is 0 Å². The Kier molecular flexibility index (Phi) is 5.33. The average Bonchev–Trinajstić information content (AvgIpc) is 2.85. The summed E-state index contributed by atoms with van der Waals surface area (Å²) in [5.74, 6) is 0.852. The van der Waals surface area contributed by atoms with Crippen molar-refractivity contribution in [2.75, 3.05) is 21.3 Å². The molecule has 0 spiro atoms. The van der Waals surface area contributed by atoms with Gasteiger partial charge in [0.1, 0.15) is 0 Å². The predicted octanol–water partition coefficient (Wildman–Crippen LogP) is 3.76. The zero-order chi connectivity index (χ0) is 15.4. The van der Waals surface area contributed by atoms with Crippen LogP contribution in [0.3, 0.4) is 0 Å². The molecule has 1 aromatic carbocycles. The summed E-state index contributed by atoms with van der Waals surface area (Å²) in [6.07, 6.45) is 0. The van der Waals surface area contributed by atoms with Gasteiger partial charge < -0.3 is 14.6 Å². The second kappa shape index (κ2) is 7.02. The third kappa shape index (κ3) is 4.03. The van der Waals surface area contributed by atoms with Gasteiger partial charge in [0, 0.05) is 18.0 Å². The summed E-state index contributed by atoms with van der Waals surface area (Å²) in [7, 11) is 5.07. The Labute approximate surface area is 133 Å². The predicted molar refractivity (Wildman–Crippen MR) is 85.7 cm³/mol. The molecule has 0 bridgehead atoms. The highest BCUT2D eigenvalue weighted by Crippen LogP contribution is 2.37. The lowest BCUT2D eigenvalue weighted by molar-refractivity contribution is 0.314. The summed E-state index contributed by atoms with van der Waals surface area (Å²) in [6.45, 7) is 1.52. The Morgan fingerprint density at radius 2 is 1.76 bits per heavy atom. The number of hydrogen-bond donors (Lipinski definition) is 1. The fourth-order valence-corrected chi connectivity index (χ4v) is 3.28. The molecule has 2 rings (SSSR count). The number of aromatic hydroxyl groups is 1. The quantitative estimate of drug-likeness (QED) is 0.877. The minimum absolute atomic E-state index is 0.0245. The molecule has 1 aromatic heterocycles. The van der Waals surface area contributed by atoms with Crippen LogP contribution in [0, 0.1) is 0 Å². The Hall–Kier alpha value is -1.43. The molecule has 0 atom stereocenters. The van der Waals surface area contributed by atoms with E-state index in [1.54, 1.807) is 11.3 Å². The first-order valence-corrected chi connectivity index (χ1v) is 7.59. The van der Waals surface area contributed by atoms with Gasteiger partial charge in [-0.2, -0.15) is 0 Å². The van der Waals surface area contributed by atoms with Crippen LogP contribution in [0.2, 0.25) is 4.34 Å². The van der Waals surface area contributed by atoms with Crippen molar-refractivity contribution in [3.8, 4) is 17.2 Å². The van der Waals surface area contributed by atoms with E-state index in [0.717, 1.165) is 16.4 Å². The molecule has 1 N–H and O–H groups in total. The molecule has 0 amide bonds. The summed E-state index contributed by atoms with van der Waals surface area (Å²) < 4.78 is 11.1. The number of ether oxygens (including phenoxy) is 2. The van der Waals surface area contributed by atoms with E-state index in [1.807, 2.05) is 31.3 Å². The Morgan fingerprint density at radius 1 is 1.14 bits per heavy atom. The van der Waals surface area contributed by atoms with Gasteiger partial charge in [0.2, 0.25) is 5.75 Å². The maximum Gasteiger partial charge on any atom is 0.200 e. The minimum Gasteiger partial charge on any atom is -0.502 e. The first-order chi connectivity index (χ1) is 10.0. The van der Waals surface area contributed by atoms with Crippen molar-refractivity contribution < 1.29 is 14.6 Å². The van der Waals surface area contributed by atoms with Crippen LogP contribution in [0.4, 0.5) is 0 Å². The Morgan fingerprint density at radius 3 is 2.24 bits per heavy atom. The van der Waals surface area contributed by atoms with Crippen LogP contribution in [-0.2, 0) is 13.1 Å². The van der Waals surface area contributed by atoms with Crippen molar-refractivity contribution in [1.82, 2.24) is 4.90 Å². The van der Waals surface area contributed by atoms with E-state index in [1.165, 1.54) is 19.1 Å². The highest BCUT2D eigenvalue weighted by molar-refractivity contribution is 7.16. The first-order valence-electron chi connectivity index (χ1n) is 6.40. The summed E-state index contributed by atoms with van der Waals surface area (Å²) >= 11 is 7.52. The molecule has 0 unspecified atom stereocenters. The lowest BCUT2D eigenvalue weighted by atomic mass is 10.1. The van der Waals surface area contributed by atoms with Crippen molar-refractivity contribution >= 4 is 22.9 Å².